The van der Waals surface area contributed by atoms with Crippen LogP contribution in [0.1, 0.15) is 46.5 Å². The summed E-state index contributed by atoms with van der Waals surface area (Å²) < 4.78 is 78.4. The van der Waals surface area contributed by atoms with Gasteiger partial charge in [-0.3, -0.25) is 9.78 Å². The van der Waals surface area contributed by atoms with Crippen molar-refractivity contribution < 1.29 is 31.1 Å². The second-order valence-electron chi connectivity index (χ2n) is 7.08. The lowest BCUT2D eigenvalue weighted by Gasteiger charge is -2.26. The zero-order valence-electron chi connectivity index (χ0n) is 15.0. The second kappa shape index (κ2) is 7.33. The molecule has 1 aromatic carbocycles. The van der Waals surface area contributed by atoms with Crippen LogP contribution < -0.4 is 0 Å². The van der Waals surface area contributed by atoms with E-state index in [1.54, 1.807) is 0 Å². The molecule has 3 nitrogen and oxygen atoms in total. The van der Waals surface area contributed by atoms with Gasteiger partial charge in [-0.2, -0.15) is 26.3 Å². The van der Waals surface area contributed by atoms with Crippen LogP contribution in [0, 0.1) is 0 Å². The molecule has 0 spiro atoms. The number of thioether (sulfide) groups is 1. The average Bonchev–Trinajstić information content (AvgIpc) is 3.22. The lowest BCUT2D eigenvalue weighted by molar-refractivity contribution is -0.141. The molecule has 3 heterocycles. The maximum Gasteiger partial charge on any atom is 0.433 e. The van der Waals surface area contributed by atoms with Gasteiger partial charge in [0.05, 0.1) is 16.9 Å². The van der Waals surface area contributed by atoms with E-state index in [1.165, 1.54) is 11.0 Å². The molecule has 11 heteroatoms. The highest BCUT2D eigenvalue weighted by Crippen LogP contribution is 2.54. The maximum absolute atomic E-state index is 13.1. The Kier molecular flexibility index (Phi) is 5.21. The first-order chi connectivity index (χ1) is 14.0. The molecule has 160 valence electrons. The number of amides is 1. The van der Waals surface area contributed by atoms with Crippen molar-refractivity contribution in [1.82, 2.24) is 9.88 Å². The van der Waals surface area contributed by atoms with Crippen molar-refractivity contribution in [3.63, 3.8) is 0 Å². The lowest BCUT2D eigenvalue weighted by Crippen LogP contribution is -2.30. The number of halogens is 7. The summed E-state index contributed by atoms with van der Waals surface area (Å²) >= 11 is 7.01. The van der Waals surface area contributed by atoms with Gasteiger partial charge in [0.2, 0.25) is 0 Å². The normalized spacial score (nSPS) is 24.4. The average molecular weight is 467 g/mol. The third-order valence-electron chi connectivity index (χ3n) is 5.30. The van der Waals surface area contributed by atoms with Gasteiger partial charge in [0.25, 0.3) is 5.24 Å². The molecule has 0 radical (unpaired) electrons. The number of hydrogen-bond donors (Lipinski definition) is 0. The summed E-state index contributed by atoms with van der Waals surface area (Å²) in [6, 6.07) is 4.19. The van der Waals surface area contributed by atoms with Crippen molar-refractivity contribution in [3.8, 4) is 0 Å². The van der Waals surface area contributed by atoms with Crippen LogP contribution in [0.5, 0.6) is 0 Å². The lowest BCUT2D eigenvalue weighted by atomic mass is 10.0. The Morgan fingerprint density at radius 2 is 1.77 bits per heavy atom. The van der Waals surface area contributed by atoms with E-state index in [0.717, 1.165) is 42.2 Å². The number of carbonyl (C=O) groups excluding carboxylic acids is 1. The Balaban J connectivity index is 1.66. The molecule has 0 saturated carbocycles. The quantitative estimate of drug-likeness (QED) is 0.452. The standard InChI is InChI=1S/C19H13ClF6N2OS/c20-12-2-1-10(18(21,22)23)8-11(12)13-3-4-14-16(30-17(29)28(13)14)9-5-6-27-15(7-9)19(24,25)26/h1-2,5-8,13-14,16H,3-4H2/t13-,14-,16+/m0/s1. The van der Waals surface area contributed by atoms with Gasteiger partial charge in [0, 0.05) is 17.3 Å². The number of rotatable bonds is 2. The fraction of sp³-hybridized carbons (Fsp3) is 0.368. The zero-order chi connectivity index (χ0) is 21.8. The summed E-state index contributed by atoms with van der Waals surface area (Å²) in [5.74, 6) is 0. The molecule has 0 aliphatic carbocycles. The van der Waals surface area contributed by atoms with Crippen molar-refractivity contribution in [2.45, 2.75) is 42.5 Å². The molecule has 2 saturated heterocycles. The fourth-order valence-electron chi connectivity index (χ4n) is 4.00. The third kappa shape index (κ3) is 3.75. The van der Waals surface area contributed by atoms with Gasteiger partial charge in [-0.05, 0) is 54.3 Å². The van der Waals surface area contributed by atoms with Crippen LogP contribution in [0.2, 0.25) is 5.02 Å². The minimum atomic E-state index is -4.62. The molecule has 0 N–H and O–H groups in total. The molecule has 1 aromatic heterocycles. The molecule has 0 bridgehead atoms. The highest BCUT2D eigenvalue weighted by Gasteiger charge is 2.50. The van der Waals surface area contributed by atoms with Crippen LogP contribution in [0.15, 0.2) is 36.5 Å². The summed E-state index contributed by atoms with van der Waals surface area (Å²) in [5.41, 5.74) is -1.43. The SMILES string of the molecule is O=C1S[C@H](c2ccnc(C(F)(F)F)c2)[C@@H]2CC[C@@H](c3cc(C(F)(F)F)ccc3Cl)N12. The fourth-order valence-corrected chi connectivity index (χ4v) is 5.55. The van der Waals surface area contributed by atoms with Crippen molar-refractivity contribution >= 4 is 28.6 Å². The van der Waals surface area contributed by atoms with Gasteiger partial charge in [0.1, 0.15) is 5.69 Å². The molecule has 2 fully saturated rings. The van der Waals surface area contributed by atoms with Crippen LogP contribution >= 0.6 is 23.4 Å². The van der Waals surface area contributed by atoms with E-state index in [0.29, 0.717) is 18.4 Å². The summed E-state index contributed by atoms with van der Waals surface area (Å²) in [7, 11) is 0. The van der Waals surface area contributed by atoms with Gasteiger partial charge in [-0.15, -0.1) is 0 Å². The number of hydrogen-bond acceptors (Lipinski definition) is 3. The Labute approximate surface area is 176 Å². The predicted octanol–water partition coefficient (Wildman–Crippen LogP) is 6.89. The molecule has 30 heavy (non-hydrogen) atoms. The molecule has 2 aromatic rings. The van der Waals surface area contributed by atoms with Gasteiger partial charge in [0.15, 0.2) is 0 Å². The Morgan fingerprint density at radius 1 is 1.03 bits per heavy atom. The predicted molar refractivity (Wildman–Crippen MR) is 99.0 cm³/mol. The van der Waals surface area contributed by atoms with Crippen LogP contribution in [0.4, 0.5) is 31.1 Å². The third-order valence-corrected chi connectivity index (χ3v) is 6.90. The topological polar surface area (TPSA) is 33.2 Å². The van der Waals surface area contributed by atoms with E-state index < -0.39 is 46.2 Å². The zero-order valence-corrected chi connectivity index (χ0v) is 16.5. The van der Waals surface area contributed by atoms with Crippen LogP contribution in [0.25, 0.3) is 0 Å². The van der Waals surface area contributed by atoms with Crippen LogP contribution in [-0.4, -0.2) is 21.2 Å². The summed E-state index contributed by atoms with van der Waals surface area (Å²) in [6.45, 7) is 0. The minimum Gasteiger partial charge on any atom is -0.322 e. The molecule has 2 aliphatic rings. The van der Waals surface area contributed by atoms with Gasteiger partial charge in [-0.25, -0.2) is 0 Å². The largest absolute Gasteiger partial charge is 0.433 e. The number of carbonyl (C=O) groups is 1. The highest BCUT2D eigenvalue weighted by molar-refractivity contribution is 8.14. The summed E-state index contributed by atoms with van der Waals surface area (Å²) in [6.07, 6.45) is -7.33. The van der Waals surface area contributed by atoms with Gasteiger partial charge < -0.3 is 4.90 Å². The molecule has 3 atom stereocenters. The number of nitrogens with zero attached hydrogens (tertiary/aromatic N) is 2. The number of aromatic nitrogens is 1. The first-order valence-electron chi connectivity index (χ1n) is 8.85. The van der Waals surface area contributed by atoms with E-state index in [2.05, 4.69) is 4.98 Å². The smallest absolute Gasteiger partial charge is 0.322 e. The summed E-state index contributed by atoms with van der Waals surface area (Å²) in [4.78, 5) is 17.5. The van der Waals surface area contributed by atoms with Gasteiger partial charge in [-0.1, -0.05) is 23.4 Å². The highest BCUT2D eigenvalue weighted by atomic mass is 35.5. The first kappa shape index (κ1) is 21.3. The minimum absolute atomic E-state index is 0.109. The van der Waals surface area contributed by atoms with Crippen molar-refractivity contribution in [2.24, 2.45) is 0 Å². The number of alkyl halides is 6. The molecule has 2 aliphatic heterocycles. The van der Waals surface area contributed by atoms with E-state index in [4.69, 9.17) is 11.6 Å². The Hall–Kier alpha value is -1.94. The van der Waals surface area contributed by atoms with Crippen molar-refractivity contribution in [1.29, 1.82) is 0 Å². The number of pyridine rings is 1. The monoisotopic (exact) mass is 466 g/mol. The molecular weight excluding hydrogens is 454 g/mol. The van der Waals surface area contributed by atoms with Gasteiger partial charge >= 0.3 is 12.4 Å². The molecule has 1 amide bonds. The van der Waals surface area contributed by atoms with E-state index >= 15 is 0 Å². The van der Waals surface area contributed by atoms with E-state index in [1.807, 2.05) is 0 Å². The number of benzene rings is 1. The van der Waals surface area contributed by atoms with Crippen molar-refractivity contribution in [2.75, 3.05) is 0 Å². The number of fused-ring (bicyclic) bond motifs is 1. The maximum atomic E-state index is 13.1. The Bertz CT molecular complexity index is 996. The van der Waals surface area contributed by atoms with E-state index in [9.17, 15) is 31.1 Å². The molecule has 0 unspecified atom stereocenters. The second-order valence-corrected chi connectivity index (χ2v) is 8.58. The van der Waals surface area contributed by atoms with Crippen LogP contribution in [0.3, 0.4) is 0 Å². The Morgan fingerprint density at radius 3 is 2.43 bits per heavy atom. The van der Waals surface area contributed by atoms with Crippen LogP contribution in [-0.2, 0) is 12.4 Å². The van der Waals surface area contributed by atoms with E-state index in [-0.39, 0.29) is 10.6 Å². The van der Waals surface area contributed by atoms with Crippen molar-refractivity contribution in [3.05, 3.63) is 63.9 Å². The molecular formula is C19H13ClF6N2OS. The first-order valence-corrected chi connectivity index (χ1v) is 10.1. The molecule has 4 rings (SSSR count). The summed E-state index contributed by atoms with van der Waals surface area (Å²) in [5, 5.41) is -0.860.